The SMILES string of the molecule is COc1ccc(C(C)NC(=O)CN(c2ccc(F)cc2)S(=O)(=O)c2ccc3c(c2)OCCO3)cc1. The number of ether oxygens (including phenoxy) is 3. The van der Waals surface area contributed by atoms with Crippen LogP contribution in [0.4, 0.5) is 10.1 Å². The van der Waals surface area contributed by atoms with Crippen molar-refractivity contribution in [2.24, 2.45) is 0 Å². The zero-order valence-corrected chi connectivity index (χ0v) is 20.0. The van der Waals surface area contributed by atoms with E-state index in [1.54, 1.807) is 26.2 Å². The first-order chi connectivity index (χ1) is 16.8. The van der Waals surface area contributed by atoms with Crippen molar-refractivity contribution in [2.75, 3.05) is 31.2 Å². The van der Waals surface area contributed by atoms with Crippen molar-refractivity contribution in [1.29, 1.82) is 0 Å². The number of fused-ring (bicyclic) bond motifs is 1. The van der Waals surface area contributed by atoms with Gasteiger partial charge >= 0.3 is 0 Å². The number of anilines is 1. The van der Waals surface area contributed by atoms with Gasteiger partial charge in [-0.1, -0.05) is 12.1 Å². The molecule has 0 aliphatic carbocycles. The third-order valence-electron chi connectivity index (χ3n) is 5.50. The van der Waals surface area contributed by atoms with Crippen molar-refractivity contribution >= 4 is 21.6 Å². The van der Waals surface area contributed by atoms with Gasteiger partial charge in [0, 0.05) is 6.07 Å². The average Bonchev–Trinajstić information content (AvgIpc) is 2.87. The van der Waals surface area contributed by atoms with E-state index < -0.39 is 28.3 Å². The molecular formula is C25H25FN2O6S. The van der Waals surface area contributed by atoms with Crippen molar-refractivity contribution in [3.63, 3.8) is 0 Å². The Morgan fingerprint density at radius 1 is 1.03 bits per heavy atom. The summed E-state index contributed by atoms with van der Waals surface area (Å²) in [5, 5.41) is 2.81. The van der Waals surface area contributed by atoms with E-state index in [4.69, 9.17) is 14.2 Å². The molecule has 0 aromatic heterocycles. The molecule has 0 radical (unpaired) electrons. The lowest BCUT2D eigenvalue weighted by molar-refractivity contribution is -0.120. The maximum Gasteiger partial charge on any atom is 0.264 e. The van der Waals surface area contributed by atoms with Crippen LogP contribution in [0.5, 0.6) is 17.2 Å². The number of hydrogen-bond donors (Lipinski definition) is 1. The Hall–Kier alpha value is -3.79. The molecule has 8 nitrogen and oxygen atoms in total. The summed E-state index contributed by atoms with van der Waals surface area (Å²) in [5.41, 5.74) is 0.968. The van der Waals surface area contributed by atoms with Crippen molar-refractivity contribution in [3.8, 4) is 17.2 Å². The minimum absolute atomic E-state index is 0.0814. The summed E-state index contributed by atoms with van der Waals surface area (Å²) >= 11 is 0. The zero-order chi connectivity index (χ0) is 25.0. The molecule has 3 aromatic carbocycles. The van der Waals surface area contributed by atoms with Crippen LogP contribution in [0.2, 0.25) is 0 Å². The number of methoxy groups -OCH3 is 1. The lowest BCUT2D eigenvalue weighted by Gasteiger charge is -2.26. The maximum atomic E-state index is 13.6. The summed E-state index contributed by atoms with van der Waals surface area (Å²) in [6.45, 7) is 1.94. The highest BCUT2D eigenvalue weighted by Crippen LogP contribution is 2.34. The highest BCUT2D eigenvalue weighted by atomic mass is 32.2. The van der Waals surface area contributed by atoms with Gasteiger partial charge in [-0.15, -0.1) is 0 Å². The fourth-order valence-corrected chi connectivity index (χ4v) is 5.06. The Balaban J connectivity index is 1.60. The van der Waals surface area contributed by atoms with Crippen LogP contribution >= 0.6 is 0 Å². The van der Waals surface area contributed by atoms with Gasteiger partial charge in [0.05, 0.1) is 23.7 Å². The maximum absolute atomic E-state index is 13.6. The van der Waals surface area contributed by atoms with Gasteiger partial charge in [-0.3, -0.25) is 9.10 Å². The van der Waals surface area contributed by atoms with Crippen molar-refractivity contribution in [1.82, 2.24) is 5.32 Å². The van der Waals surface area contributed by atoms with Gasteiger partial charge in [0.1, 0.15) is 31.3 Å². The van der Waals surface area contributed by atoms with E-state index in [-0.39, 0.29) is 16.6 Å². The molecule has 1 atom stereocenters. The molecule has 1 aliphatic rings. The van der Waals surface area contributed by atoms with Crippen LogP contribution in [0.3, 0.4) is 0 Å². The topological polar surface area (TPSA) is 94.2 Å². The van der Waals surface area contributed by atoms with Crippen molar-refractivity contribution < 1.29 is 31.8 Å². The number of hydrogen-bond acceptors (Lipinski definition) is 6. The predicted molar refractivity (Wildman–Crippen MR) is 128 cm³/mol. The van der Waals surface area contributed by atoms with E-state index in [1.807, 2.05) is 12.1 Å². The zero-order valence-electron chi connectivity index (χ0n) is 19.2. The molecule has 35 heavy (non-hydrogen) atoms. The van der Waals surface area contributed by atoms with Crippen molar-refractivity contribution in [3.05, 3.63) is 78.1 Å². The Labute approximate surface area is 203 Å². The Bertz CT molecular complexity index is 1300. The van der Waals surface area contributed by atoms with Crippen LogP contribution in [0.25, 0.3) is 0 Å². The molecule has 184 valence electrons. The molecule has 1 unspecified atom stereocenters. The van der Waals surface area contributed by atoms with Gasteiger partial charge in [0.2, 0.25) is 5.91 Å². The number of sulfonamides is 1. The predicted octanol–water partition coefficient (Wildman–Crippen LogP) is 3.68. The molecule has 3 aromatic rings. The molecule has 1 amide bonds. The van der Waals surface area contributed by atoms with Gasteiger partial charge < -0.3 is 19.5 Å². The summed E-state index contributed by atoms with van der Waals surface area (Å²) in [4.78, 5) is 12.9. The van der Waals surface area contributed by atoms with E-state index in [0.717, 1.165) is 22.0 Å². The van der Waals surface area contributed by atoms with E-state index >= 15 is 0 Å². The minimum atomic E-state index is -4.21. The van der Waals surface area contributed by atoms with Gasteiger partial charge in [-0.05, 0) is 61.0 Å². The Morgan fingerprint density at radius 3 is 2.34 bits per heavy atom. The lowest BCUT2D eigenvalue weighted by atomic mass is 10.1. The van der Waals surface area contributed by atoms with E-state index in [9.17, 15) is 17.6 Å². The largest absolute Gasteiger partial charge is 0.497 e. The van der Waals surface area contributed by atoms with Crippen LogP contribution in [0.15, 0.2) is 71.6 Å². The van der Waals surface area contributed by atoms with Crippen molar-refractivity contribution in [2.45, 2.75) is 17.9 Å². The van der Waals surface area contributed by atoms with Gasteiger partial charge in [0.15, 0.2) is 11.5 Å². The summed E-state index contributed by atoms with van der Waals surface area (Å²) in [6, 6.07) is 15.9. The standard InChI is InChI=1S/C25H25FN2O6S/c1-17(18-3-9-21(32-2)10-4-18)27-25(29)16-28(20-7-5-19(26)6-8-20)35(30,31)22-11-12-23-24(15-22)34-14-13-33-23/h3-12,15,17H,13-14,16H2,1-2H3,(H,27,29). The molecule has 1 aliphatic heterocycles. The Morgan fingerprint density at radius 2 is 1.69 bits per heavy atom. The number of benzene rings is 3. The Kier molecular flexibility index (Phi) is 7.11. The fourth-order valence-electron chi connectivity index (χ4n) is 3.63. The summed E-state index contributed by atoms with van der Waals surface area (Å²) in [5.74, 6) is 0.366. The van der Waals surface area contributed by atoms with E-state index in [2.05, 4.69) is 5.32 Å². The lowest BCUT2D eigenvalue weighted by Crippen LogP contribution is -2.41. The number of amides is 1. The summed E-state index contributed by atoms with van der Waals surface area (Å²) < 4.78 is 57.8. The van der Waals surface area contributed by atoms with Gasteiger partial charge in [0.25, 0.3) is 10.0 Å². The van der Waals surface area contributed by atoms with Crippen LogP contribution in [0, 0.1) is 5.82 Å². The normalized spacial score (nSPS) is 13.6. The molecule has 10 heteroatoms. The second-order valence-corrected chi connectivity index (χ2v) is 9.72. The molecule has 0 fully saturated rings. The summed E-state index contributed by atoms with van der Waals surface area (Å²) in [7, 11) is -2.65. The molecule has 0 bridgehead atoms. The molecular weight excluding hydrogens is 475 g/mol. The number of carbonyl (C=O) groups is 1. The smallest absolute Gasteiger partial charge is 0.264 e. The second-order valence-electron chi connectivity index (χ2n) is 7.86. The van der Waals surface area contributed by atoms with Gasteiger partial charge in [-0.25, -0.2) is 12.8 Å². The average molecular weight is 501 g/mol. The number of rotatable bonds is 8. The minimum Gasteiger partial charge on any atom is -0.497 e. The first-order valence-corrected chi connectivity index (χ1v) is 12.3. The number of nitrogens with one attached hydrogen (secondary N) is 1. The first kappa shape index (κ1) is 24.3. The number of halogens is 1. The molecule has 0 spiro atoms. The second kappa shape index (κ2) is 10.2. The van der Waals surface area contributed by atoms with E-state index in [1.165, 1.54) is 30.3 Å². The van der Waals surface area contributed by atoms with E-state index in [0.29, 0.717) is 30.5 Å². The molecule has 1 N–H and O–H groups in total. The summed E-state index contributed by atoms with van der Waals surface area (Å²) in [6.07, 6.45) is 0. The number of carbonyl (C=O) groups excluding carboxylic acids is 1. The first-order valence-electron chi connectivity index (χ1n) is 10.9. The van der Waals surface area contributed by atoms with Crippen LogP contribution < -0.4 is 23.8 Å². The molecule has 4 rings (SSSR count). The molecule has 0 saturated carbocycles. The fraction of sp³-hybridized carbons (Fsp3) is 0.240. The number of nitrogens with zero attached hydrogens (tertiary/aromatic N) is 1. The quantitative estimate of drug-likeness (QED) is 0.507. The highest BCUT2D eigenvalue weighted by Gasteiger charge is 2.29. The van der Waals surface area contributed by atoms with Crippen LogP contribution in [0.1, 0.15) is 18.5 Å². The third kappa shape index (κ3) is 5.48. The third-order valence-corrected chi connectivity index (χ3v) is 7.27. The molecule has 1 heterocycles. The monoisotopic (exact) mass is 500 g/mol. The van der Waals surface area contributed by atoms with Crippen LogP contribution in [-0.2, 0) is 14.8 Å². The van der Waals surface area contributed by atoms with Crippen LogP contribution in [-0.4, -0.2) is 41.2 Å². The van der Waals surface area contributed by atoms with Gasteiger partial charge in [-0.2, -0.15) is 0 Å². The highest BCUT2D eigenvalue weighted by molar-refractivity contribution is 7.92. The molecule has 0 saturated heterocycles.